The minimum atomic E-state index is 0.0615. The third kappa shape index (κ3) is 2.71. The number of aromatic amines is 1. The average Bonchev–Trinajstić information content (AvgIpc) is 3.01. The maximum absolute atomic E-state index is 10.2. The molecule has 0 radical (unpaired) electrons. The fourth-order valence-electron chi connectivity index (χ4n) is 2.20. The van der Waals surface area contributed by atoms with Crippen LogP contribution in [0.25, 0.3) is 20.9 Å². The Hall–Kier alpha value is -2.08. The summed E-state index contributed by atoms with van der Waals surface area (Å²) in [4.78, 5) is 12.5. The van der Waals surface area contributed by atoms with Crippen LogP contribution in [0.3, 0.4) is 0 Å². The molecule has 2 N–H and O–H groups in total. The number of aromatic hydroxyl groups is 1. The van der Waals surface area contributed by atoms with Gasteiger partial charge in [0, 0.05) is 18.0 Å². The maximum atomic E-state index is 10.2. The van der Waals surface area contributed by atoms with Gasteiger partial charge >= 0.3 is 0 Å². The Morgan fingerprint density at radius 1 is 1.48 bits per heavy atom. The van der Waals surface area contributed by atoms with Crippen molar-refractivity contribution in [3.8, 4) is 22.2 Å². The highest BCUT2D eigenvalue weighted by Gasteiger charge is 2.18. The van der Waals surface area contributed by atoms with Crippen LogP contribution in [0.2, 0.25) is 0 Å². The van der Waals surface area contributed by atoms with E-state index in [1.165, 1.54) is 11.3 Å². The number of nitrogens with one attached hydrogen (secondary N) is 1. The highest BCUT2D eigenvalue weighted by Crippen LogP contribution is 2.40. The Kier molecular flexibility index (Phi) is 3.79. The predicted molar refractivity (Wildman–Crippen MR) is 83.9 cm³/mol. The van der Waals surface area contributed by atoms with Crippen molar-refractivity contribution >= 4 is 21.7 Å². The standard InChI is InChI=1S/C15H17N3O2S/c1-3-5-9(2)20-13-12(19)11-15(18-13)21-14(17-11)10-6-4-7-16-8-10/h4,6-9,18-19H,3,5H2,1-2H3. The molecule has 0 saturated carbocycles. The van der Waals surface area contributed by atoms with Gasteiger partial charge in [0.2, 0.25) is 11.6 Å². The van der Waals surface area contributed by atoms with Gasteiger partial charge in [-0.1, -0.05) is 24.7 Å². The van der Waals surface area contributed by atoms with Crippen LogP contribution in [-0.4, -0.2) is 26.2 Å². The van der Waals surface area contributed by atoms with E-state index in [2.05, 4.69) is 21.9 Å². The lowest BCUT2D eigenvalue weighted by molar-refractivity contribution is 0.195. The minimum absolute atomic E-state index is 0.0615. The van der Waals surface area contributed by atoms with Gasteiger partial charge < -0.3 is 14.8 Å². The van der Waals surface area contributed by atoms with Gasteiger partial charge in [0.1, 0.15) is 15.4 Å². The summed E-state index contributed by atoms with van der Waals surface area (Å²) in [6.45, 7) is 4.10. The first-order valence-electron chi connectivity index (χ1n) is 6.97. The minimum Gasteiger partial charge on any atom is -0.502 e. The monoisotopic (exact) mass is 303 g/mol. The normalized spacial score (nSPS) is 12.7. The van der Waals surface area contributed by atoms with Crippen LogP contribution in [0.1, 0.15) is 26.7 Å². The maximum Gasteiger partial charge on any atom is 0.238 e. The molecule has 3 rings (SSSR count). The van der Waals surface area contributed by atoms with Crippen LogP contribution in [-0.2, 0) is 0 Å². The fourth-order valence-corrected chi connectivity index (χ4v) is 3.15. The number of nitrogens with zero attached hydrogens (tertiary/aromatic N) is 2. The molecular formula is C15H17N3O2S. The van der Waals surface area contributed by atoms with E-state index in [1.54, 1.807) is 12.4 Å². The van der Waals surface area contributed by atoms with Gasteiger partial charge in [0.25, 0.3) is 0 Å². The molecule has 0 saturated heterocycles. The van der Waals surface area contributed by atoms with E-state index in [9.17, 15) is 5.11 Å². The molecule has 6 heteroatoms. The number of hydrogen-bond donors (Lipinski definition) is 2. The molecule has 0 amide bonds. The highest BCUT2D eigenvalue weighted by molar-refractivity contribution is 7.21. The average molecular weight is 303 g/mol. The van der Waals surface area contributed by atoms with E-state index in [0.29, 0.717) is 11.4 Å². The number of aromatic nitrogens is 3. The van der Waals surface area contributed by atoms with Gasteiger partial charge in [0.15, 0.2) is 0 Å². The Labute approximate surface area is 126 Å². The van der Waals surface area contributed by atoms with Crippen molar-refractivity contribution < 1.29 is 9.84 Å². The summed E-state index contributed by atoms with van der Waals surface area (Å²) < 4.78 is 5.72. The van der Waals surface area contributed by atoms with E-state index in [-0.39, 0.29) is 11.9 Å². The molecule has 0 bridgehead atoms. The Morgan fingerprint density at radius 3 is 3.00 bits per heavy atom. The molecule has 5 nitrogen and oxygen atoms in total. The number of rotatable bonds is 5. The van der Waals surface area contributed by atoms with Crippen molar-refractivity contribution in [2.75, 3.05) is 0 Å². The van der Waals surface area contributed by atoms with E-state index in [1.807, 2.05) is 19.1 Å². The zero-order chi connectivity index (χ0) is 14.8. The topological polar surface area (TPSA) is 71.0 Å². The number of pyridine rings is 1. The summed E-state index contributed by atoms with van der Waals surface area (Å²) in [5.41, 5.74) is 1.49. The summed E-state index contributed by atoms with van der Waals surface area (Å²) in [6, 6.07) is 3.81. The van der Waals surface area contributed by atoms with Crippen molar-refractivity contribution in [3.63, 3.8) is 0 Å². The van der Waals surface area contributed by atoms with Gasteiger partial charge in [-0.2, -0.15) is 0 Å². The Morgan fingerprint density at radius 2 is 2.33 bits per heavy atom. The molecule has 3 heterocycles. The lowest BCUT2D eigenvalue weighted by Crippen LogP contribution is -2.11. The first kappa shape index (κ1) is 13.9. The molecule has 0 fully saturated rings. The molecular weight excluding hydrogens is 286 g/mol. The van der Waals surface area contributed by atoms with Gasteiger partial charge in [-0.15, -0.1) is 0 Å². The zero-order valence-electron chi connectivity index (χ0n) is 12.0. The van der Waals surface area contributed by atoms with Crippen molar-refractivity contribution in [1.29, 1.82) is 0 Å². The molecule has 0 spiro atoms. The van der Waals surface area contributed by atoms with E-state index >= 15 is 0 Å². The Balaban J connectivity index is 1.91. The summed E-state index contributed by atoms with van der Waals surface area (Å²) >= 11 is 1.48. The summed E-state index contributed by atoms with van der Waals surface area (Å²) in [6.07, 6.45) is 5.53. The summed E-state index contributed by atoms with van der Waals surface area (Å²) in [5, 5.41) is 11.1. The van der Waals surface area contributed by atoms with Gasteiger partial charge in [-0.25, -0.2) is 4.98 Å². The van der Waals surface area contributed by atoms with Crippen molar-refractivity contribution in [3.05, 3.63) is 24.5 Å². The van der Waals surface area contributed by atoms with Gasteiger partial charge in [0.05, 0.1) is 6.10 Å². The fraction of sp³-hybridized carbons (Fsp3) is 0.333. The largest absolute Gasteiger partial charge is 0.502 e. The molecule has 1 unspecified atom stereocenters. The van der Waals surface area contributed by atoms with Gasteiger partial charge in [-0.05, 0) is 25.5 Å². The number of hydrogen-bond acceptors (Lipinski definition) is 5. The van der Waals surface area contributed by atoms with Crippen molar-refractivity contribution in [2.45, 2.75) is 32.8 Å². The molecule has 0 aliphatic heterocycles. The summed E-state index contributed by atoms with van der Waals surface area (Å²) in [7, 11) is 0. The third-order valence-electron chi connectivity index (χ3n) is 3.22. The molecule has 21 heavy (non-hydrogen) atoms. The van der Waals surface area contributed by atoms with Crippen LogP contribution in [0.15, 0.2) is 24.5 Å². The second-order valence-corrected chi connectivity index (χ2v) is 5.96. The first-order chi connectivity index (χ1) is 10.2. The second-order valence-electron chi connectivity index (χ2n) is 4.96. The molecule has 110 valence electrons. The first-order valence-corrected chi connectivity index (χ1v) is 7.79. The molecule has 3 aromatic heterocycles. The van der Waals surface area contributed by atoms with Crippen LogP contribution < -0.4 is 4.74 Å². The van der Waals surface area contributed by atoms with Crippen LogP contribution >= 0.6 is 11.3 Å². The second kappa shape index (κ2) is 5.73. The summed E-state index contributed by atoms with van der Waals surface area (Å²) in [5.74, 6) is 0.488. The van der Waals surface area contributed by atoms with Crippen molar-refractivity contribution in [1.82, 2.24) is 15.0 Å². The number of thiazole rings is 1. The van der Waals surface area contributed by atoms with E-state index in [4.69, 9.17) is 4.74 Å². The lowest BCUT2D eigenvalue weighted by Gasteiger charge is -2.11. The SMILES string of the molecule is CCCC(C)Oc1[nH]c2sc(-c3cccnc3)nc2c1O. The number of ether oxygens (including phenoxy) is 1. The highest BCUT2D eigenvalue weighted by atomic mass is 32.1. The zero-order valence-corrected chi connectivity index (χ0v) is 12.8. The smallest absolute Gasteiger partial charge is 0.238 e. The van der Waals surface area contributed by atoms with Crippen LogP contribution in [0, 0.1) is 0 Å². The predicted octanol–water partition coefficient (Wildman–Crippen LogP) is 3.96. The number of H-pyrrole nitrogens is 1. The molecule has 3 aromatic rings. The van der Waals surface area contributed by atoms with Crippen LogP contribution in [0.4, 0.5) is 0 Å². The van der Waals surface area contributed by atoms with E-state index < -0.39 is 0 Å². The van der Waals surface area contributed by atoms with Gasteiger partial charge in [-0.3, -0.25) is 4.98 Å². The lowest BCUT2D eigenvalue weighted by atomic mass is 10.2. The quantitative estimate of drug-likeness (QED) is 0.748. The molecule has 0 aliphatic carbocycles. The number of fused-ring (bicyclic) bond motifs is 1. The van der Waals surface area contributed by atoms with Crippen LogP contribution in [0.5, 0.6) is 11.6 Å². The molecule has 0 aromatic carbocycles. The van der Waals surface area contributed by atoms with Crippen molar-refractivity contribution in [2.24, 2.45) is 0 Å². The third-order valence-corrected chi connectivity index (χ3v) is 4.24. The molecule has 1 atom stereocenters. The van der Waals surface area contributed by atoms with E-state index in [0.717, 1.165) is 28.2 Å². The molecule has 0 aliphatic rings. The Bertz CT molecular complexity index is 736.